The van der Waals surface area contributed by atoms with Crippen molar-refractivity contribution < 1.29 is 0 Å². The van der Waals surface area contributed by atoms with Crippen molar-refractivity contribution >= 4 is 17.5 Å². The Morgan fingerprint density at radius 1 is 1.08 bits per heavy atom. The van der Waals surface area contributed by atoms with Gasteiger partial charge < -0.3 is 10.2 Å². The van der Waals surface area contributed by atoms with Gasteiger partial charge in [-0.05, 0) is 37.1 Å². The maximum Gasteiger partial charge on any atom is 0.225 e. The normalized spacial score (nSPS) is 13.0. The first-order valence-electron chi connectivity index (χ1n) is 8.14. The van der Waals surface area contributed by atoms with Gasteiger partial charge in [0.1, 0.15) is 5.82 Å². The zero-order valence-corrected chi connectivity index (χ0v) is 13.6. The summed E-state index contributed by atoms with van der Waals surface area (Å²) in [5.74, 6) is 1.58. The summed E-state index contributed by atoms with van der Waals surface area (Å²) < 4.78 is 0. The molecule has 120 valence electrons. The highest BCUT2D eigenvalue weighted by Gasteiger charge is 2.21. The molecule has 4 rings (SSSR count). The third kappa shape index (κ3) is 2.93. The molecular weight excluding hydrogens is 298 g/mol. The number of aromatic nitrogens is 3. The lowest BCUT2D eigenvalue weighted by atomic mass is 10.2. The Kier molecular flexibility index (Phi) is 3.83. The first kappa shape index (κ1) is 14.6. The van der Waals surface area contributed by atoms with Crippen molar-refractivity contribution in [2.75, 3.05) is 16.8 Å². The number of hydrogen-bond acceptors (Lipinski definition) is 5. The molecule has 3 heterocycles. The summed E-state index contributed by atoms with van der Waals surface area (Å²) in [4.78, 5) is 15.8. The van der Waals surface area contributed by atoms with Gasteiger partial charge in [-0.2, -0.15) is 4.98 Å². The molecule has 1 aliphatic rings. The molecule has 0 fully saturated rings. The minimum Gasteiger partial charge on any atom is -0.349 e. The Morgan fingerprint density at radius 3 is 2.83 bits per heavy atom. The van der Waals surface area contributed by atoms with Gasteiger partial charge in [0.2, 0.25) is 5.95 Å². The minimum atomic E-state index is 0.611. The van der Waals surface area contributed by atoms with Gasteiger partial charge in [0.25, 0.3) is 0 Å². The highest BCUT2D eigenvalue weighted by atomic mass is 15.2. The molecule has 1 aromatic carbocycles. The predicted molar refractivity (Wildman–Crippen MR) is 95.5 cm³/mol. The van der Waals surface area contributed by atoms with E-state index in [1.807, 2.05) is 31.2 Å². The van der Waals surface area contributed by atoms with Crippen LogP contribution in [0.2, 0.25) is 0 Å². The monoisotopic (exact) mass is 317 g/mol. The first-order chi connectivity index (χ1) is 11.8. The number of nitrogens with zero attached hydrogens (tertiary/aromatic N) is 4. The molecular formula is C19H19N5. The summed E-state index contributed by atoms with van der Waals surface area (Å²) in [6, 6.07) is 16.4. The number of fused-ring (bicyclic) bond motifs is 1. The Bertz CT molecular complexity index is 847. The van der Waals surface area contributed by atoms with Gasteiger partial charge in [-0.3, -0.25) is 4.98 Å². The number of nitrogens with one attached hydrogen (secondary N) is 1. The fourth-order valence-electron chi connectivity index (χ4n) is 3.02. The molecule has 0 atom stereocenters. The number of anilines is 3. The standard InChI is InChI=1S/C19H19N5/c1-14-12-18(24-11-9-15-6-2-3-8-17(15)24)23-19(22-14)21-13-16-7-4-5-10-20-16/h2-8,10,12H,9,11,13H2,1H3,(H,21,22,23). The molecule has 5 nitrogen and oxygen atoms in total. The van der Waals surface area contributed by atoms with E-state index in [4.69, 9.17) is 4.98 Å². The molecule has 0 spiro atoms. The van der Waals surface area contributed by atoms with Crippen molar-refractivity contribution in [2.24, 2.45) is 0 Å². The van der Waals surface area contributed by atoms with E-state index in [0.29, 0.717) is 12.5 Å². The highest BCUT2D eigenvalue weighted by Crippen LogP contribution is 2.33. The van der Waals surface area contributed by atoms with Crippen molar-refractivity contribution in [3.63, 3.8) is 0 Å². The van der Waals surface area contributed by atoms with Gasteiger partial charge >= 0.3 is 0 Å². The summed E-state index contributed by atoms with van der Waals surface area (Å²) in [5.41, 5.74) is 4.53. The van der Waals surface area contributed by atoms with Crippen molar-refractivity contribution in [1.82, 2.24) is 15.0 Å². The van der Waals surface area contributed by atoms with E-state index in [-0.39, 0.29) is 0 Å². The van der Waals surface area contributed by atoms with Crippen LogP contribution >= 0.6 is 0 Å². The van der Waals surface area contributed by atoms with E-state index in [9.17, 15) is 0 Å². The molecule has 0 saturated carbocycles. The van der Waals surface area contributed by atoms with Crippen LogP contribution in [-0.4, -0.2) is 21.5 Å². The van der Waals surface area contributed by atoms with Gasteiger partial charge in [0.05, 0.1) is 12.2 Å². The molecule has 3 aromatic rings. The lowest BCUT2D eigenvalue weighted by Gasteiger charge is -2.19. The SMILES string of the molecule is Cc1cc(N2CCc3ccccc32)nc(NCc2ccccn2)n1. The van der Waals surface area contributed by atoms with Crippen LogP contribution in [0, 0.1) is 6.92 Å². The van der Waals surface area contributed by atoms with Crippen molar-refractivity contribution in [2.45, 2.75) is 19.9 Å². The van der Waals surface area contributed by atoms with Crippen LogP contribution in [0.15, 0.2) is 54.7 Å². The van der Waals surface area contributed by atoms with E-state index in [1.54, 1.807) is 6.20 Å². The molecule has 0 amide bonds. The van der Waals surface area contributed by atoms with Crippen LogP contribution in [0.5, 0.6) is 0 Å². The van der Waals surface area contributed by atoms with E-state index >= 15 is 0 Å². The van der Waals surface area contributed by atoms with Crippen LogP contribution in [0.3, 0.4) is 0 Å². The average Bonchev–Trinajstić information content (AvgIpc) is 3.05. The van der Waals surface area contributed by atoms with Crippen molar-refractivity contribution in [3.05, 3.63) is 71.7 Å². The second-order valence-electron chi connectivity index (χ2n) is 5.90. The van der Waals surface area contributed by atoms with Gasteiger partial charge in [0, 0.05) is 30.2 Å². The molecule has 0 bridgehead atoms. The third-order valence-electron chi connectivity index (χ3n) is 4.16. The van der Waals surface area contributed by atoms with Crippen LogP contribution < -0.4 is 10.2 Å². The largest absolute Gasteiger partial charge is 0.349 e. The number of para-hydroxylation sites is 1. The molecule has 2 aromatic heterocycles. The van der Waals surface area contributed by atoms with Gasteiger partial charge in [-0.1, -0.05) is 24.3 Å². The van der Waals surface area contributed by atoms with Gasteiger partial charge in [-0.25, -0.2) is 4.98 Å². The lowest BCUT2D eigenvalue weighted by Crippen LogP contribution is -2.16. The average molecular weight is 317 g/mol. The topological polar surface area (TPSA) is 53.9 Å². The number of aryl methyl sites for hydroxylation is 1. The summed E-state index contributed by atoms with van der Waals surface area (Å²) >= 11 is 0. The van der Waals surface area contributed by atoms with E-state index in [2.05, 4.69) is 44.5 Å². The quantitative estimate of drug-likeness (QED) is 0.798. The van der Waals surface area contributed by atoms with Crippen LogP contribution in [-0.2, 0) is 13.0 Å². The highest BCUT2D eigenvalue weighted by molar-refractivity contribution is 5.68. The number of hydrogen-bond donors (Lipinski definition) is 1. The Morgan fingerprint density at radius 2 is 1.96 bits per heavy atom. The van der Waals surface area contributed by atoms with Crippen LogP contribution in [0.1, 0.15) is 17.0 Å². The van der Waals surface area contributed by atoms with E-state index < -0.39 is 0 Å². The fourth-order valence-corrected chi connectivity index (χ4v) is 3.02. The lowest BCUT2D eigenvalue weighted by molar-refractivity contribution is 0.941. The maximum absolute atomic E-state index is 4.71. The van der Waals surface area contributed by atoms with E-state index in [0.717, 1.165) is 30.2 Å². The molecule has 0 aliphatic carbocycles. The summed E-state index contributed by atoms with van der Waals surface area (Å²) in [7, 11) is 0. The van der Waals surface area contributed by atoms with Crippen LogP contribution in [0.25, 0.3) is 0 Å². The van der Waals surface area contributed by atoms with Crippen molar-refractivity contribution in [1.29, 1.82) is 0 Å². The molecule has 0 saturated heterocycles. The molecule has 1 N–H and O–H groups in total. The molecule has 5 heteroatoms. The number of benzene rings is 1. The predicted octanol–water partition coefficient (Wildman–Crippen LogP) is 3.49. The number of pyridine rings is 1. The van der Waals surface area contributed by atoms with Gasteiger partial charge in [0.15, 0.2) is 0 Å². The summed E-state index contributed by atoms with van der Waals surface area (Å²) in [6.45, 7) is 3.56. The summed E-state index contributed by atoms with van der Waals surface area (Å²) in [5, 5.41) is 3.28. The Hall–Kier alpha value is -2.95. The zero-order valence-electron chi connectivity index (χ0n) is 13.6. The Labute approximate surface area is 141 Å². The molecule has 24 heavy (non-hydrogen) atoms. The minimum absolute atomic E-state index is 0.611. The molecule has 1 aliphatic heterocycles. The third-order valence-corrected chi connectivity index (χ3v) is 4.16. The first-order valence-corrected chi connectivity index (χ1v) is 8.14. The smallest absolute Gasteiger partial charge is 0.225 e. The zero-order chi connectivity index (χ0) is 16.4. The summed E-state index contributed by atoms with van der Waals surface area (Å²) in [6.07, 6.45) is 2.84. The second kappa shape index (κ2) is 6.28. The Balaban J connectivity index is 1.58. The van der Waals surface area contributed by atoms with Crippen molar-refractivity contribution in [3.8, 4) is 0 Å². The fraction of sp³-hybridized carbons (Fsp3) is 0.211. The number of rotatable bonds is 4. The molecule has 0 unspecified atom stereocenters. The molecule has 0 radical (unpaired) electrons. The van der Waals surface area contributed by atoms with Crippen LogP contribution in [0.4, 0.5) is 17.5 Å². The second-order valence-corrected chi connectivity index (χ2v) is 5.90. The maximum atomic E-state index is 4.71. The van der Waals surface area contributed by atoms with E-state index in [1.165, 1.54) is 11.3 Å². The van der Waals surface area contributed by atoms with Gasteiger partial charge in [-0.15, -0.1) is 0 Å².